The van der Waals surface area contributed by atoms with Gasteiger partial charge in [0.2, 0.25) is 0 Å². The average Bonchev–Trinajstić information content (AvgIpc) is 3.47. The van der Waals surface area contributed by atoms with E-state index in [-0.39, 0.29) is 42.8 Å². The predicted octanol–water partition coefficient (Wildman–Crippen LogP) is 9.98. The zero-order chi connectivity index (χ0) is 33.1. The van der Waals surface area contributed by atoms with E-state index in [1.165, 1.54) is 27.6 Å². The van der Waals surface area contributed by atoms with Crippen LogP contribution in [0.3, 0.4) is 0 Å². The van der Waals surface area contributed by atoms with Gasteiger partial charge in [0.25, 0.3) is 0 Å². The molecule has 47 heavy (non-hydrogen) atoms. The molecule has 0 saturated carbocycles. The fraction of sp³-hybridized carbons (Fsp3) is 0.415. The first kappa shape index (κ1) is 33.5. The summed E-state index contributed by atoms with van der Waals surface area (Å²) < 4.78 is 15.1. The van der Waals surface area contributed by atoms with Crippen molar-refractivity contribution in [3.05, 3.63) is 93.7 Å². The maximum absolute atomic E-state index is 6.72. The monoisotopic (exact) mass is 806 g/mol. The molecule has 246 valence electrons. The predicted molar refractivity (Wildman–Crippen MR) is 188 cm³/mol. The van der Waals surface area contributed by atoms with E-state index in [9.17, 15) is 0 Å². The summed E-state index contributed by atoms with van der Waals surface area (Å²) >= 11 is 0. The van der Waals surface area contributed by atoms with Crippen molar-refractivity contribution < 1.29 is 30.5 Å². The molecule has 0 N–H and O–H groups in total. The van der Waals surface area contributed by atoms with Crippen molar-refractivity contribution in [2.45, 2.75) is 105 Å². The summed E-state index contributed by atoms with van der Waals surface area (Å²) in [7, 11) is 0. The Bertz CT molecular complexity index is 2120. The molecule has 3 aromatic carbocycles. The van der Waals surface area contributed by atoms with Gasteiger partial charge in [-0.2, -0.15) is 6.07 Å². The second-order valence-corrected chi connectivity index (χ2v) is 16.6. The van der Waals surface area contributed by atoms with Crippen LogP contribution in [0.15, 0.2) is 47.6 Å². The Kier molecular flexibility index (Phi) is 7.68. The number of hydrogen-bond acceptors (Lipinski definition) is 4. The van der Waals surface area contributed by atoms with Crippen LogP contribution in [0, 0.1) is 26.0 Å². The van der Waals surface area contributed by atoms with Crippen molar-refractivity contribution in [3.8, 4) is 17.3 Å². The summed E-state index contributed by atoms with van der Waals surface area (Å²) in [5.74, 6) is 2.87. The normalized spacial score (nSPS) is 16.5. The molecule has 2 aliphatic rings. The van der Waals surface area contributed by atoms with Gasteiger partial charge >= 0.3 is 21.1 Å². The first-order valence-electron chi connectivity index (χ1n) is 16.4. The van der Waals surface area contributed by atoms with Crippen molar-refractivity contribution in [3.63, 3.8) is 0 Å². The minimum atomic E-state index is -0.265. The Morgan fingerprint density at radius 1 is 0.830 bits per heavy atom. The topological polar surface area (TPSA) is 48.6 Å². The summed E-state index contributed by atoms with van der Waals surface area (Å²) in [6.07, 6.45) is 1.97. The molecular formula is C41H45N3O2Pt. The van der Waals surface area contributed by atoms with E-state index in [4.69, 9.17) is 19.5 Å². The molecule has 0 spiro atoms. The summed E-state index contributed by atoms with van der Waals surface area (Å²) in [5, 5.41) is 2.38. The maximum Gasteiger partial charge on any atom is 2.00 e. The number of ether oxygens (including phenoxy) is 2. The summed E-state index contributed by atoms with van der Waals surface area (Å²) in [4.78, 5) is 9.88. The van der Waals surface area contributed by atoms with Crippen LogP contribution in [0.1, 0.15) is 108 Å². The van der Waals surface area contributed by atoms with Gasteiger partial charge in [0.1, 0.15) is 18.3 Å². The van der Waals surface area contributed by atoms with Crippen molar-refractivity contribution in [1.29, 1.82) is 0 Å². The van der Waals surface area contributed by atoms with E-state index in [0.717, 1.165) is 39.0 Å². The van der Waals surface area contributed by atoms with Gasteiger partial charge in [0, 0.05) is 34.2 Å². The molecule has 5 aromatic rings. The molecule has 0 atom stereocenters. The number of nitrogens with zero attached hydrogens (tertiary/aromatic N) is 3. The second kappa shape index (κ2) is 10.8. The van der Waals surface area contributed by atoms with Gasteiger partial charge in [-0.05, 0) is 59.7 Å². The zero-order valence-corrected chi connectivity index (χ0v) is 32.0. The number of benzene rings is 3. The zero-order valence-electron chi connectivity index (χ0n) is 29.7. The Hall–Kier alpha value is -3.43. The van der Waals surface area contributed by atoms with Crippen molar-refractivity contribution in [1.82, 2.24) is 9.55 Å². The van der Waals surface area contributed by atoms with Crippen molar-refractivity contribution >= 4 is 27.7 Å². The molecule has 0 amide bonds. The minimum Gasteiger partial charge on any atom is -0.518 e. The molecule has 6 heteroatoms. The number of aryl methyl sites for hydroxylation is 2. The number of fused-ring (bicyclic) bond motifs is 5. The standard InChI is InChI=1S/C41H45N3O2.Pt/c1-23-13-32-36(42-21-23)44-33-20-34(46-28-16-25(15-26(17-28)38(3,4)5)37-43-40(9,10)22-45-37)24(2)14-29(33)30-18-27(39(6,7)8)19-31(35(30)44)41(32,11)12;/h13-15,17-19,21H,22H2,1-12H3;/q-2;+2. The molecular weight excluding hydrogens is 762 g/mol. The Morgan fingerprint density at radius 3 is 2.15 bits per heavy atom. The van der Waals surface area contributed by atoms with Gasteiger partial charge in [0.15, 0.2) is 0 Å². The maximum atomic E-state index is 6.72. The molecule has 2 aliphatic heterocycles. The van der Waals surface area contributed by atoms with E-state index in [0.29, 0.717) is 24.0 Å². The van der Waals surface area contributed by atoms with Gasteiger partial charge in [-0.25, -0.2) is 4.98 Å². The van der Waals surface area contributed by atoms with Gasteiger partial charge in [-0.15, -0.1) is 28.6 Å². The van der Waals surface area contributed by atoms with E-state index in [2.05, 4.69) is 136 Å². The van der Waals surface area contributed by atoms with Crippen LogP contribution in [0.2, 0.25) is 0 Å². The van der Waals surface area contributed by atoms with Gasteiger partial charge in [-0.1, -0.05) is 97.7 Å². The van der Waals surface area contributed by atoms with Crippen LogP contribution in [0.25, 0.3) is 27.6 Å². The Labute approximate surface area is 294 Å². The Balaban J connectivity index is 0.00000386. The molecule has 5 nitrogen and oxygen atoms in total. The molecule has 0 unspecified atom stereocenters. The van der Waals surface area contributed by atoms with Gasteiger partial charge in [-0.3, -0.25) is 4.99 Å². The van der Waals surface area contributed by atoms with E-state index in [1.807, 2.05) is 6.20 Å². The fourth-order valence-electron chi connectivity index (χ4n) is 6.75. The third-order valence-corrected chi connectivity index (χ3v) is 9.60. The molecule has 0 saturated heterocycles. The van der Waals surface area contributed by atoms with Gasteiger partial charge in [0.05, 0.1) is 5.54 Å². The number of aliphatic imine (C=N–C) groups is 1. The smallest absolute Gasteiger partial charge is 0.518 e. The average molecular weight is 807 g/mol. The molecule has 7 rings (SSSR count). The van der Waals surface area contributed by atoms with Crippen LogP contribution >= 0.6 is 0 Å². The van der Waals surface area contributed by atoms with Crippen LogP contribution in [-0.4, -0.2) is 27.6 Å². The number of aromatic nitrogens is 2. The molecule has 0 fully saturated rings. The molecule has 0 radical (unpaired) electrons. The van der Waals surface area contributed by atoms with Crippen LogP contribution in [0.5, 0.6) is 11.5 Å². The SMILES string of the molecule is Cc1cnc2c(c1)C(C)(C)c1cc(C(C)(C)C)cc3c4cc(C)c(Oc5[c-]c(C6=NC(C)(C)CO6)cc(C(C)(C)C)c5)[c-]c4n-2c13.[Pt+2]. The molecule has 0 bridgehead atoms. The quantitative estimate of drug-likeness (QED) is 0.171. The van der Waals surface area contributed by atoms with E-state index >= 15 is 0 Å². The molecule has 4 heterocycles. The molecule has 0 aliphatic carbocycles. The number of rotatable bonds is 3. The molecule has 2 aromatic heterocycles. The summed E-state index contributed by atoms with van der Waals surface area (Å²) in [6.45, 7) is 27.1. The van der Waals surface area contributed by atoms with E-state index in [1.54, 1.807) is 0 Å². The van der Waals surface area contributed by atoms with Crippen LogP contribution < -0.4 is 4.74 Å². The third-order valence-electron chi connectivity index (χ3n) is 9.60. The first-order chi connectivity index (χ1) is 21.3. The summed E-state index contributed by atoms with van der Waals surface area (Å²) in [6, 6.07) is 20.7. The third kappa shape index (κ3) is 5.53. The Morgan fingerprint density at radius 2 is 1.51 bits per heavy atom. The largest absolute Gasteiger partial charge is 2.00 e. The van der Waals surface area contributed by atoms with E-state index < -0.39 is 0 Å². The fourth-order valence-corrected chi connectivity index (χ4v) is 6.75. The second-order valence-electron chi connectivity index (χ2n) is 16.6. The first-order valence-corrected chi connectivity index (χ1v) is 16.4. The number of hydrogen-bond donors (Lipinski definition) is 0. The van der Waals surface area contributed by atoms with Crippen molar-refractivity contribution in [2.24, 2.45) is 4.99 Å². The van der Waals surface area contributed by atoms with Gasteiger partial charge < -0.3 is 14.0 Å². The minimum absolute atomic E-state index is 0. The summed E-state index contributed by atoms with van der Waals surface area (Å²) in [5.41, 5.74) is 9.54. The van der Waals surface area contributed by atoms with Crippen LogP contribution in [-0.2, 0) is 42.0 Å². The van der Waals surface area contributed by atoms with Crippen LogP contribution in [0.4, 0.5) is 0 Å². The number of pyridine rings is 1. The van der Waals surface area contributed by atoms with Crippen molar-refractivity contribution in [2.75, 3.05) is 6.61 Å².